The van der Waals surface area contributed by atoms with Gasteiger partial charge >= 0.3 is 5.97 Å². The van der Waals surface area contributed by atoms with Crippen molar-refractivity contribution in [3.8, 4) is 11.5 Å². The number of benzene rings is 2. The highest BCUT2D eigenvalue weighted by Gasteiger charge is 2.14. The van der Waals surface area contributed by atoms with Gasteiger partial charge in [-0.05, 0) is 23.6 Å². The van der Waals surface area contributed by atoms with Crippen LogP contribution >= 0.6 is 0 Å². The van der Waals surface area contributed by atoms with Gasteiger partial charge < -0.3 is 19.5 Å². The lowest BCUT2D eigenvalue weighted by atomic mass is 10.0. The van der Waals surface area contributed by atoms with Crippen molar-refractivity contribution >= 4 is 17.7 Å². The average Bonchev–Trinajstić information content (AvgIpc) is 2.75. The van der Waals surface area contributed by atoms with Gasteiger partial charge in [-0.15, -0.1) is 0 Å². The van der Waals surface area contributed by atoms with Crippen molar-refractivity contribution in [1.29, 1.82) is 0 Å². The van der Waals surface area contributed by atoms with Crippen LogP contribution in [-0.2, 0) is 9.53 Å². The molecule has 0 aromatic heterocycles. The molecule has 0 saturated carbocycles. The highest BCUT2D eigenvalue weighted by atomic mass is 16.5. The highest BCUT2D eigenvalue weighted by molar-refractivity contribution is 5.99. The van der Waals surface area contributed by atoms with E-state index in [2.05, 4.69) is 19.2 Å². The molecule has 0 aliphatic heterocycles. The van der Waals surface area contributed by atoms with E-state index in [0.717, 1.165) is 5.56 Å². The summed E-state index contributed by atoms with van der Waals surface area (Å²) in [5.41, 5.74) is 1.86. The van der Waals surface area contributed by atoms with Crippen LogP contribution in [0.25, 0.3) is 0 Å². The topological polar surface area (TPSA) is 90.9 Å². The second kappa shape index (κ2) is 10.3. The van der Waals surface area contributed by atoms with Crippen molar-refractivity contribution in [1.82, 2.24) is 5.32 Å². The Hall–Kier alpha value is -3.35. The molecular formula is C22H25NO6. The molecule has 1 amide bonds. The number of amides is 1. The van der Waals surface area contributed by atoms with E-state index in [1.165, 1.54) is 26.4 Å². The molecule has 0 heterocycles. The van der Waals surface area contributed by atoms with E-state index in [9.17, 15) is 14.4 Å². The smallest absolute Gasteiger partial charge is 0.325 e. The molecule has 1 N–H and O–H groups in total. The molecule has 0 unspecified atom stereocenters. The number of ether oxygens (including phenoxy) is 3. The Morgan fingerprint density at radius 1 is 0.897 bits per heavy atom. The first-order chi connectivity index (χ1) is 13.8. The maximum absolute atomic E-state index is 12.2. The van der Waals surface area contributed by atoms with Gasteiger partial charge in [0, 0.05) is 17.2 Å². The van der Waals surface area contributed by atoms with Gasteiger partial charge in [0.05, 0.1) is 14.2 Å². The van der Waals surface area contributed by atoms with Gasteiger partial charge in [0.1, 0.15) is 18.0 Å². The quantitative estimate of drug-likeness (QED) is 0.515. The van der Waals surface area contributed by atoms with E-state index in [1.54, 1.807) is 18.2 Å². The van der Waals surface area contributed by atoms with Crippen molar-refractivity contribution in [2.24, 2.45) is 0 Å². The zero-order valence-electron chi connectivity index (χ0n) is 17.0. The molecule has 0 radical (unpaired) electrons. The summed E-state index contributed by atoms with van der Waals surface area (Å²) in [7, 11) is 2.95. The van der Waals surface area contributed by atoms with Crippen LogP contribution in [-0.4, -0.2) is 45.0 Å². The van der Waals surface area contributed by atoms with Crippen LogP contribution in [0.15, 0.2) is 42.5 Å². The number of carbonyl (C=O) groups is 3. The van der Waals surface area contributed by atoms with Gasteiger partial charge in [0.25, 0.3) is 5.91 Å². The minimum absolute atomic E-state index is 0.273. The molecule has 0 saturated heterocycles. The van der Waals surface area contributed by atoms with Crippen molar-refractivity contribution < 1.29 is 28.6 Å². The summed E-state index contributed by atoms with van der Waals surface area (Å²) in [5, 5.41) is 2.45. The number of hydrogen-bond donors (Lipinski definition) is 1. The number of hydrogen-bond acceptors (Lipinski definition) is 6. The van der Waals surface area contributed by atoms with Gasteiger partial charge in [-0.25, -0.2) is 0 Å². The normalized spacial score (nSPS) is 10.4. The molecular weight excluding hydrogens is 374 g/mol. The molecule has 2 rings (SSSR count). The Kier molecular flexibility index (Phi) is 7.77. The van der Waals surface area contributed by atoms with E-state index < -0.39 is 11.9 Å². The van der Waals surface area contributed by atoms with Gasteiger partial charge in [-0.1, -0.05) is 38.1 Å². The van der Waals surface area contributed by atoms with Crippen LogP contribution < -0.4 is 14.8 Å². The molecule has 0 aliphatic rings. The summed E-state index contributed by atoms with van der Waals surface area (Å²) in [6.07, 6.45) is 0. The molecule has 0 spiro atoms. The molecule has 2 aromatic carbocycles. The van der Waals surface area contributed by atoms with Crippen molar-refractivity contribution in [3.05, 3.63) is 59.2 Å². The summed E-state index contributed by atoms with van der Waals surface area (Å²) in [6, 6.07) is 11.9. The fourth-order valence-corrected chi connectivity index (χ4v) is 2.53. The van der Waals surface area contributed by atoms with Crippen LogP contribution in [0.1, 0.15) is 46.0 Å². The molecule has 0 atom stereocenters. The van der Waals surface area contributed by atoms with Crippen molar-refractivity contribution in [2.75, 3.05) is 27.4 Å². The minimum atomic E-state index is -0.708. The van der Waals surface area contributed by atoms with Crippen molar-refractivity contribution in [2.45, 2.75) is 19.8 Å². The zero-order chi connectivity index (χ0) is 21.4. The number of nitrogens with one attached hydrogen (secondary N) is 1. The van der Waals surface area contributed by atoms with E-state index >= 15 is 0 Å². The molecule has 154 valence electrons. The molecule has 0 bridgehead atoms. The number of rotatable bonds is 9. The summed E-state index contributed by atoms with van der Waals surface area (Å²) in [5.74, 6) is -0.241. The third kappa shape index (κ3) is 6.34. The summed E-state index contributed by atoms with van der Waals surface area (Å²) in [4.78, 5) is 36.2. The first-order valence-electron chi connectivity index (χ1n) is 9.14. The molecule has 7 nitrogen and oxygen atoms in total. The second-order valence-corrected chi connectivity index (χ2v) is 6.64. The molecule has 0 aliphatic carbocycles. The molecule has 2 aromatic rings. The van der Waals surface area contributed by atoms with Gasteiger partial charge in [0.15, 0.2) is 12.4 Å². The lowest BCUT2D eigenvalue weighted by molar-refractivity contribution is -0.141. The fourth-order valence-electron chi connectivity index (χ4n) is 2.53. The van der Waals surface area contributed by atoms with Crippen molar-refractivity contribution in [3.63, 3.8) is 0 Å². The largest absolute Gasteiger partial charge is 0.497 e. The Morgan fingerprint density at radius 2 is 1.48 bits per heavy atom. The lowest BCUT2D eigenvalue weighted by Gasteiger charge is -2.09. The third-order valence-corrected chi connectivity index (χ3v) is 4.27. The Balaban J connectivity index is 1.85. The maximum atomic E-state index is 12.2. The number of esters is 1. The summed E-state index contributed by atoms with van der Waals surface area (Å²) in [6.45, 7) is 3.38. The predicted molar refractivity (Wildman–Crippen MR) is 108 cm³/mol. The second-order valence-electron chi connectivity index (χ2n) is 6.64. The Labute approximate surface area is 170 Å². The fraction of sp³-hybridized carbons (Fsp3) is 0.318. The van der Waals surface area contributed by atoms with E-state index in [-0.39, 0.29) is 24.5 Å². The van der Waals surface area contributed by atoms with Crippen LogP contribution in [0.2, 0.25) is 0 Å². The number of Topliss-reactive ketones (excluding diaryl/α,β-unsaturated/α-hetero) is 1. The molecule has 7 heteroatoms. The minimum Gasteiger partial charge on any atom is -0.497 e. The SMILES string of the molecule is COc1cc(OC)cc(C(=O)NCC(=O)OCC(=O)c2ccc(C(C)C)cc2)c1. The number of carbonyl (C=O) groups excluding carboxylic acids is 3. The van der Waals surface area contributed by atoms with E-state index in [4.69, 9.17) is 14.2 Å². The first-order valence-corrected chi connectivity index (χ1v) is 9.14. The standard InChI is InChI=1S/C22H25NO6/c1-14(2)15-5-7-16(8-6-15)20(24)13-29-21(25)12-23-22(26)17-9-18(27-3)11-19(10-17)28-4/h5-11,14H,12-13H2,1-4H3,(H,23,26). The lowest BCUT2D eigenvalue weighted by Crippen LogP contribution is -2.31. The van der Waals surface area contributed by atoms with E-state index in [0.29, 0.717) is 23.0 Å². The van der Waals surface area contributed by atoms with Crippen LogP contribution in [0.3, 0.4) is 0 Å². The van der Waals surface area contributed by atoms with Crippen LogP contribution in [0.4, 0.5) is 0 Å². The molecule has 29 heavy (non-hydrogen) atoms. The molecule has 0 fully saturated rings. The third-order valence-electron chi connectivity index (χ3n) is 4.27. The Morgan fingerprint density at radius 3 is 2.00 bits per heavy atom. The zero-order valence-corrected chi connectivity index (χ0v) is 17.0. The average molecular weight is 399 g/mol. The van der Waals surface area contributed by atoms with E-state index in [1.807, 2.05) is 12.1 Å². The summed E-state index contributed by atoms with van der Waals surface area (Å²) >= 11 is 0. The summed E-state index contributed by atoms with van der Waals surface area (Å²) < 4.78 is 15.2. The number of ketones is 1. The maximum Gasteiger partial charge on any atom is 0.325 e. The number of methoxy groups -OCH3 is 2. The predicted octanol–water partition coefficient (Wildman–Crippen LogP) is 2.98. The Bertz CT molecular complexity index is 851. The monoisotopic (exact) mass is 399 g/mol. The van der Waals surface area contributed by atoms with Crippen LogP contribution in [0, 0.1) is 0 Å². The van der Waals surface area contributed by atoms with Gasteiger partial charge in [-0.2, -0.15) is 0 Å². The van der Waals surface area contributed by atoms with Crippen LogP contribution in [0.5, 0.6) is 11.5 Å². The van der Waals surface area contributed by atoms with Gasteiger partial charge in [0.2, 0.25) is 0 Å². The first kappa shape index (κ1) is 21.9. The van der Waals surface area contributed by atoms with Gasteiger partial charge in [-0.3, -0.25) is 14.4 Å². The highest BCUT2D eigenvalue weighted by Crippen LogP contribution is 2.22.